The maximum atomic E-state index is 9.86. The summed E-state index contributed by atoms with van der Waals surface area (Å²) in [5, 5.41) is 9.86. The number of nitrogens with zero attached hydrogens (tertiary/aromatic N) is 1. The van der Waals surface area contributed by atoms with E-state index in [1.165, 1.54) is 22.0 Å². The predicted molar refractivity (Wildman–Crippen MR) is 80.7 cm³/mol. The van der Waals surface area contributed by atoms with E-state index in [0.29, 0.717) is 17.2 Å². The molecular formula is C18H24NO+. The van der Waals surface area contributed by atoms with Crippen LogP contribution in [0.5, 0.6) is 5.75 Å². The SMILES string of the molecule is C=CC[N+]1(C)C2C(C)C3(C)CC21Cc1ccc(O)cc13. The molecule has 1 aliphatic heterocycles. The molecule has 2 nitrogen and oxygen atoms in total. The van der Waals surface area contributed by atoms with E-state index in [-0.39, 0.29) is 5.41 Å². The van der Waals surface area contributed by atoms with Gasteiger partial charge in [-0.15, -0.1) is 0 Å². The Balaban J connectivity index is 1.87. The van der Waals surface area contributed by atoms with Crippen molar-refractivity contribution < 1.29 is 9.59 Å². The summed E-state index contributed by atoms with van der Waals surface area (Å²) < 4.78 is 1.17. The largest absolute Gasteiger partial charge is 0.508 e. The molecule has 0 aromatic heterocycles. The van der Waals surface area contributed by atoms with Gasteiger partial charge in [-0.3, -0.25) is 0 Å². The van der Waals surface area contributed by atoms with Crippen LogP contribution in [0.3, 0.4) is 0 Å². The summed E-state index contributed by atoms with van der Waals surface area (Å²) in [6.45, 7) is 9.87. The minimum Gasteiger partial charge on any atom is -0.508 e. The van der Waals surface area contributed by atoms with E-state index >= 15 is 0 Å². The normalized spacial score (nSPS) is 47.5. The highest BCUT2D eigenvalue weighted by Gasteiger charge is 2.86. The molecule has 1 spiro atoms. The number of phenolic OH excluding ortho intramolecular Hbond substituents is 1. The topological polar surface area (TPSA) is 20.2 Å². The smallest absolute Gasteiger partial charge is 0.157 e. The van der Waals surface area contributed by atoms with Crippen molar-refractivity contribution in [1.82, 2.24) is 0 Å². The fourth-order valence-electron chi connectivity index (χ4n) is 6.00. The van der Waals surface area contributed by atoms with E-state index in [0.717, 1.165) is 19.0 Å². The molecule has 1 aromatic rings. The lowest BCUT2D eigenvalue weighted by atomic mass is 9.67. The molecule has 20 heavy (non-hydrogen) atoms. The number of phenols is 1. The molecule has 1 aromatic carbocycles. The number of hydrogen-bond acceptors (Lipinski definition) is 1. The molecule has 2 aliphatic carbocycles. The molecule has 2 bridgehead atoms. The second kappa shape index (κ2) is 3.30. The van der Waals surface area contributed by atoms with Crippen molar-refractivity contribution in [3.63, 3.8) is 0 Å². The molecule has 3 aliphatic rings. The first kappa shape index (κ1) is 12.5. The third-order valence-corrected chi connectivity index (χ3v) is 6.98. The van der Waals surface area contributed by atoms with Gasteiger partial charge in [0.05, 0.1) is 13.6 Å². The molecule has 4 rings (SSSR count). The first-order valence-corrected chi connectivity index (χ1v) is 7.68. The molecule has 1 N–H and O–H groups in total. The second-order valence-electron chi connectivity index (χ2n) is 7.69. The predicted octanol–water partition coefficient (Wildman–Crippen LogP) is 3.00. The van der Waals surface area contributed by atoms with Gasteiger partial charge < -0.3 is 9.59 Å². The molecule has 1 saturated heterocycles. The fourth-order valence-corrected chi connectivity index (χ4v) is 6.00. The first-order valence-electron chi connectivity index (χ1n) is 7.68. The number of likely N-dealkylation sites (N-methyl/N-ethyl adjacent to an activating group) is 1. The molecule has 1 heterocycles. The lowest BCUT2D eigenvalue weighted by Crippen LogP contribution is -2.46. The van der Waals surface area contributed by atoms with E-state index in [4.69, 9.17) is 0 Å². The van der Waals surface area contributed by atoms with Crippen LogP contribution in [0.4, 0.5) is 0 Å². The average Bonchev–Trinajstić information content (AvgIpc) is 2.77. The number of likely N-dealkylation sites (tertiary alicyclic amines) is 1. The fraction of sp³-hybridized carbons (Fsp3) is 0.556. The number of fused-ring (bicyclic) bond motifs is 3. The van der Waals surface area contributed by atoms with Crippen molar-refractivity contribution >= 4 is 0 Å². The molecule has 5 unspecified atom stereocenters. The quantitative estimate of drug-likeness (QED) is 0.497. The van der Waals surface area contributed by atoms with Crippen LogP contribution in [0.2, 0.25) is 0 Å². The van der Waals surface area contributed by atoms with Gasteiger partial charge in [-0.05, 0) is 29.3 Å². The molecule has 106 valence electrons. The molecule has 5 atom stereocenters. The maximum absolute atomic E-state index is 9.86. The van der Waals surface area contributed by atoms with E-state index in [1.54, 1.807) is 0 Å². The van der Waals surface area contributed by atoms with Crippen molar-refractivity contribution in [3.8, 4) is 5.75 Å². The zero-order chi connectivity index (χ0) is 14.3. The number of rotatable bonds is 2. The summed E-state index contributed by atoms with van der Waals surface area (Å²) in [6, 6.07) is 6.76. The number of benzene rings is 1. The summed E-state index contributed by atoms with van der Waals surface area (Å²) in [7, 11) is 2.41. The minimum atomic E-state index is 0.232. The Labute approximate surface area is 121 Å². The first-order chi connectivity index (χ1) is 9.39. The highest BCUT2D eigenvalue weighted by Crippen LogP contribution is 2.71. The standard InChI is InChI=1S/C18H23NO/c1-5-8-19(4)16-12(2)17(3)11-18(16,19)10-13-6-7-14(20)9-15(13)17/h5-7,9,12,16H,1,8,10-11H2,2-4H3/p+1. The van der Waals surface area contributed by atoms with Gasteiger partial charge in [0.15, 0.2) is 5.54 Å². The van der Waals surface area contributed by atoms with Crippen molar-refractivity contribution in [2.75, 3.05) is 13.6 Å². The van der Waals surface area contributed by atoms with E-state index < -0.39 is 0 Å². The van der Waals surface area contributed by atoms with E-state index in [9.17, 15) is 5.11 Å². The van der Waals surface area contributed by atoms with E-state index in [2.05, 4.69) is 39.6 Å². The van der Waals surface area contributed by atoms with Gasteiger partial charge in [0, 0.05) is 24.2 Å². The van der Waals surface area contributed by atoms with Gasteiger partial charge >= 0.3 is 0 Å². The van der Waals surface area contributed by atoms with Crippen molar-refractivity contribution in [3.05, 3.63) is 42.0 Å². The number of piperidine rings is 1. The van der Waals surface area contributed by atoms with Crippen LogP contribution in [0, 0.1) is 5.92 Å². The molecular weight excluding hydrogens is 246 g/mol. The summed E-state index contributed by atoms with van der Waals surface area (Å²) in [4.78, 5) is 0. The highest BCUT2D eigenvalue weighted by molar-refractivity contribution is 5.49. The molecule has 1 saturated carbocycles. The van der Waals surface area contributed by atoms with Crippen LogP contribution < -0.4 is 0 Å². The Kier molecular flexibility index (Phi) is 2.06. The Morgan fingerprint density at radius 3 is 2.95 bits per heavy atom. The van der Waals surface area contributed by atoms with Crippen molar-refractivity contribution in [2.45, 2.75) is 43.7 Å². The number of quaternary nitrogens is 1. The lowest BCUT2D eigenvalue weighted by Gasteiger charge is -2.41. The Morgan fingerprint density at radius 2 is 2.25 bits per heavy atom. The van der Waals surface area contributed by atoms with Gasteiger partial charge in [-0.25, -0.2) is 0 Å². The maximum Gasteiger partial charge on any atom is 0.157 e. The Bertz CT molecular complexity index is 624. The minimum absolute atomic E-state index is 0.232. The Hall–Kier alpha value is -1.28. The third-order valence-electron chi connectivity index (χ3n) is 6.98. The lowest BCUT2D eigenvalue weighted by molar-refractivity contribution is -0.822. The molecule has 2 heteroatoms. The van der Waals surface area contributed by atoms with Crippen LogP contribution in [0.25, 0.3) is 0 Å². The van der Waals surface area contributed by atoms with E-state index in [1.807, 2.05) is 12.1 Å². The molecule has 2 fully saturated rings. The van der Waals surface area contributed by atoms with Crippen molar-refractivity contribution in [1.29, 1.82) is 0 Å². The summed E-state index contributed by atoms with van der Waals surface area (Å²) >= 11 is 0. The monoisotopic (exact) mass is 270 g/mol. The van der Waals surface area contributed by atoms with Crippen LogP contribution in [0.1, 0.15) is 31.4 Å². The van der Waals surface area contributed by atoms with Crippen LogP contribution in [-0.4, -0.2) is 34.8 Å². The summed E-state index contributed by atoms with van der Waals surface area (Å²) in [6.07, 6.45) is 4.51. The number of hydrogen-bond donors (Lipinski definition) is 1. The Morgan fingerprint density at radius 1 is 1.50 bits per heavy atom. The van der Waals surface area contributed by atoms with Gasteiger partial charge in [0.1, 0.15) is 11.8 Å². The highest BCUT2D eigenvalue weighted by atomic mass is 16.3. The number of aromatic hydroxyl groups is 1. The zero-order valence-corrected chi connectivity index (χ0v) is 12.7. The van der Waals surface area contributed by atoms with Crippen LogP contribution in [-0.2, 0) is 11.8 Å². The van der Waals surface area contributed by atoms with Gasteiger partial charge in [0.25, 0.3) is 0 Å². The summed E-state index contributed by atoms with van der Waals surface area (Å²) in [5.74, 6) is 1.08. The zero-order valence-electron chi connectivity index (χ0n) is 12.7. The van der Waals surface area contributed by atoms with Crippen molar-refractivity contribution in [2.24, 2.45) is 5.92 Å². The average molecular weight is 270 g/mol. The molecule has 0 radical (unpaired) electrons. The van der Waals surface area contributed by atoms with Gasteiger partial charge in [-0.2, -0.15) is 0 Å². The molecule has 0 amide bonds. The third kappa shape index (κ3) is 1.08. The van der Waals surface area contributed by atoms with Gasteiger partial charge in [-0.1, -0.05) is 26.5 Å². The van der Waals surface area contributed by atoms with Crippen LogP contribution >= 0.6 is 0 Å². The van der Waals surface area contributed by atoms with Gasteiger partial charge in [0.2, 0.25) is 0 Å². The summed E-state index contributed by atoms with van der Waals surface area (Å²) in [5.41, 5.74) is 3.51. The second-order valence-corrected chi connectivity index (χ2v) is 7.69. The van der Waals surface area contributed by atoms with Crippen LogP contribution in [0.15, 0.2) is 30.9 Å².